The molecule has 1 aliphatic rings. The Bertz CT molecular complexity index is 2810. The molecule has 7 aromatic carbocycles. The van der Waals surface area contributed by atoms with E-state index in [-0.39, 0.29) is 5.41 Å². The van der Waals surface area contributed by atoms with Gasteiger partial charge in [0.05, 0.1) is 21.7 Å². The minimum Gasteiger partial charge on any atom is -0.440 e. The molecule has 10 rings (SSSR count). The van der Waals surface area contributed by atoms with Gasteiger partial charge in [0.25, 0.3) is 0 Å². The van der Waals surface area contributed by atoms with E-state index in [1.54, 1.807) is 0 Å². The number of hydrogen-bond donors (Lipinski definition) is 0. The van der Waals surface area contributed by atoms with Gasteiger partial charge < -0.3 is 8.98 Å². The maximum Gasteiger partial charge on any atom is 0.205 e. The molecule has 0 bridgehead atoms. The summed E-state index contributed by atoms with van der Waals surface area (Å²) in [6.45, 7) is 4.57. The van der Waals surface area contributed by atoms with Crippen LogP contribution in [0, 0.1) is 0 Å². The minimum absolute atomic E-state index is 0.213. The second-order valence-electron chi connectivity index (χ2n) is 14.3. The number of fused-ring (bicyclic) bond motifs is 6. The van der Waals surface area contributed by atoms with Crippen molar-refractivity contribution in [3.8, 4) is 39.3 Å². The lowest BCUT2D eigenvalue weighted by Gasteiger charge is -2.27. The van der Waals surface area contributed by atoms with Crippen LogP contribution in [0.15, 0.2) is 180 Å². The lowest BCUT2D eigenvalue weighted by atomic mass is 9.82. The number of para-hydroxylation sites is 2. The van der Waals surface area contributed by atoms with Crippen molar-refractivity contribution in [3.05, 3.63) is 192 Å². The van der Waals surface area contributed by atoms with Gasteiger partial charge in [0.15, 0.2) is 0 Å². The van der Waals surface area contributed by atoms with Gasteiger partial charge in [-0.1, -0.05) is 141 Å². The second-order valence-corrected chi connectivity index (χ2v) is 14.7. The van der Waals surface area contributed by atoms with Gasteiger partial charge in [-0.3, -0.25) is 4.90 Å². The summed E-state index contributed by atoms with van der Waals surface area (Å²) in [6.07, 6.45) is 0. The van der Waals surface area contributed by atoms with E-state index in [2.05, 4.69) is 193 Å². The van der Waals surface area contributed by atoms with Crippen molar-refractivity contribution < 1.29 is 4.42 Å². The maximum absolute atomic E-state index is 7.25. The molecule has 0 radical (unpaired) electrons. The van der Waals surface area contributed by atoms with Crippen LogP contribution in [-0.4, -0.2) is 4.57 Å². The summed E-state index contributed by atoms with van der Waals surface area (Å²) in [5.74, 6) is 1.50. The highest BCUT2D eigenvalue weighted by Crippen LogP contribution is 2.53. The number of furan rings is 1. The molecule has 2 aromatic heterocycles. The van der Waals surface area contributed by atoms with E-state index in [4.69, 9.17) is 16.0 Å². The molecule has 0 saturated heterocycles. The van der Waals surface area contributed by atoms with Gasteiger partial charge in [-0.15, -0.1) is 0 Å². The number of halogens is 1. The van der Waals surface area contributed by atoms with Crippen molar-refractivity contribution >= 4 is 50.7 Å². The fraction of sp³-hybridized carbons (Fsp3) is 0.0612. The van der Waals surface area contributed by atoms with E-state index < -0.39 is 0 Å². The zero-order valence-corrected chi connectivity index (χ0v) is 30.2. The Kier molecular flexibility index (Phi) is 7.21. The molecule has 3 nitrogen and oxygen atoms in total. The topological polar surface area (TPSA) is 21.3 Å². The van der Waals surface area contributed by atoms with Gasteiger partial charge in [-0.2, -0.15) is 0 Å². The number of anilines is 3. The van der Waals surface area contributed by atoms with Crippen LogP contribution in [0.5, 0.6) is 0 Å². The SMILES string of the molecule is CC1(C)c2ccccc2-c2c(Cl)cc(N(c3ccc(-c4ccccc4)cc3)c3ccc(-c4ccc5c6ccccc6n(-c6ccccc6)c5c4)o3)cc21. The Morgan fingerprint density at radius 2 is 1.19 bits per heavy atom. The van der Waals surface area contributed by atoms with Crippen molar-refractivity contribution in [2.75, 3.05) is 4.90 Å². The molecule has 0 unspecified atom stereocenters. The summed E-state index contributed by atoms with van der Waals surface area (Å²) < 4.78 is 9.21. The highest BCUT2D eigenvalue weighted by atomic mass is 35.5. The largest absolute Gasteiger partial charge is 0.440 e. The third kappa shape index (κ3) is 5.03. The minimum atomic E-state index is -0.213. The molecule has 0 N–H and O–H groups in total. The van der Waals surface area contributed by atoms with Crippen LogP contribution in [0.25, 0.3) is 61.1 Å². The number of aromatic nitrogens is 1. The molecule has 0 atom stereocenters. The van der Waals surface area contributed by atoms with Gasteiger partial charge in [-0.25, -0.2) is 0 Å². The Hall–Kier alpha value is -6.29. The number of benzene rings is 7. The smallest absolute Gasteiger partial charge is 0.205 e. The second kappa shape index (κ2) is 12.2. The molecule has 0 spiro atoms. The molecule has 0 aliphatic heterocycles. The molecule has 0 amide bonds. The highest BCUT2D eigenvalue weighted by Gasteiger charge is 2.37. The van der Waals surface area contributed by atoms with Gasteiger partial charge in [-0.05, 0) is 82.4 Å². The zero-order chi connectivity index (χ0) is 35.7. The highest BCUT2D eigenvalue weighted by molar-refractivity contribution is 6.34. The summed E-state index contributed by atoms with van der Waals surface area (Å²) >= 11 is 7.25. The first-order valence-corrected chi connectivity index (χ1v) is 18.4. The van der Waals surface area contributed by atoms with E-state index in [0.29, 0.717) is 5.88 Å². The van der Waals surface area contributed by atoms with Crippen LogP contribution >= 0.6 is 11.6 Å². The molecule has 254 valence electrons. The Morgan fingerprint density at radius 3 is 2.00 bits per heavy atom. The fourth-order valence-electron chi connectivity index (χ4n) is 8.30. The first-order chi connectivity index (χ1) is 26.0. The molecular formula is C49H35ClN2O. The van der Waals surface area contributed by atoms with Crippen molar-refractivity contribution in [3.63, 3.8) is 0 Å². The lowest BCUT2D eigenvalue weighted by molar-refractivity contribution is 0.588. The zero-order valence-electron chi connectivity index (χ0n) is 29.4. The summed E-state index contributed by atoms with van der Waals surface area (Å²) in [5, 5.41) is 3.16. The van der Waals surface area contributed by atoms with Crippen LogP contribution in [0.1, 0.15) is 25.0 Å². The van der Waals surface area contributed by atoms with Crippen molar-refractivity contribution in [1.29, 1.82) is 0 Å². The summed E-state index contributed by atoms with van der Waals surface area (Å²) in [7, 11) is 0. The van der Waals surface area contributed by atoms with Crippen molar-refractivity contribution in [2.45, 2.75) is 19.3 Å². The number of hydrogen-bond acceptors (Lipinski definition) is 2. The van der Waals surface area contributed by atoms with Crippen molar-refractivity contribution in [2.24, 2.45) is 0 Å². The summed E-state index contributed by atoms with van der Waals surface area (Å²) in [6, 6.07) is 62.0. The maximum atomic E-state index is 7.25. The van der Waals surface area contributed by atoms with E-state index in [9.17, 15) is 0 Å². The van der Waals surface area contributed by atoms with Gasteiger partial charge >= 0.3 is 0 Å². The monoisotopic (exact) mass is 702 g/mol. The van der Waals surface area contributed by atoms with E-state index in [1.807, 2.05) is 6.07 Å². The van der Waals surface area contributed by atoms with Crippen molar-refractivity contribution in [1.82, 2.24) is 4.57 Å². The van der Waals surface area contributed by atoms with Crippen LogP contribution in [0.3, 0.4) is 0 Å². The molecule has 2 heterocycles. The molecular weight excluding hydrogens is 668 g/mol. The van der Waals surface area contributed by atoms with Gasteiger partial charge in [0.1, 0.15) is 5.76 Å². The Morgan fingerprint density at radius 1 is 0.528 bits per heavy atom. The standard InChI is InChI=1S/C49H35ClN2O/c1-49(2)41-19-11-9-18-40(41)48-42(49)30-37(31-43(48)50)51(36-24-21-33(22-25-36)32-13-5-3-6-14-32)47-28-27-46(53-47)34-23-26-39-38-17-10-12-20-44(38)52(45(39)29-34)35-15-7-4-8-16-35/h3-31H,1-2H3. The fourth-order valence-corrected chi connectivity index (χ4v) is 8.61. The van der Waals surface area contributed by atoms with Crippen LogP contribution in [0.4, 0.5) is 17.3 Å². The molecule has 0 fully saturated rings. The van der Waals surface area contributed by atoms with Crippen LogP contribution < -0.4 is 4.90 Å². The van der Waals surface area contributed by atoms with Gasteiger partial charge in [0, 0.05) is 44.8 Å². The predicted molar refractivity (Wildman–Crippen MR) is 221 cm³/mol. The van der Waals surface area contributed by atoms with Crippen LogP contribution in [0.2, 0.25) is 5.02 Å². The summed E-state index contributed by atoms with van der Waals surface area (Å²) in [5.41, 5.74) is 13.3. The molecule has 53 heavy (non-hydrogen) atoms. The van der Waals surface area contributed by atoms with E-state index in [1.165, 1.54) is 38.5 Å². The lowest BCUT2D eigenvalue weighted by Crippen LogP contribution is -2.16. The molecule has 0 saturated carbocycles. The average Bonchev–Trinajstić information content (AvgIpc) is 3.88. The first-order valence-electron chi connectivity index (χ1n) is 18.0. The van der Waals surface area contributed by atoms with Gasteiger partial charge in [0.2, 0.25) is 5.88 Å². The molecule has 1 aliphatic carbocycles. The third-order valence-electron chi connectivity index (χ3n) is 10.9. The average molecular weight is 703 g/mol. The Labute approximate surface area is 314 Å². The quantitative estimate of drug-likeness (QED) is 0.172. The third-order valence-corrected chi connectivity index (χ3v) is 11.2. The first kappa shape index (κ1) is 31.4. The normalized spacial score (nSPS) is 13.0. The summed E-state index contributed by atoms with van der Waals surface area (Å²) in [4.78, 5) is 2.18. The Balaban J connectivity index is 1.12. The van der Waals surface area contributed by atoms with E-state index >= 15 is 0 Å². The number of rotatable bonds is 6. The predicted octanol–water partition coefficient (Wildman–Crippen LogP) is 14.1. The van der Waals surface area contributed by atoms with E-state index in [0.717, 1.165) is 50.1 Å². The number of nitrogens with zero attached hydrogens (tertiary/aromatic N) is 2. The molecule has 4 heteroatoms. The molecule has 9 aromatic rings. The van der Waals surface area contributed by atoms with Crippen LogP contribution in [-0.2, 0) is 5.41 Å².